The second kappa shape index (κ2) is 3.67. The number of hydrogen-bond donors (Lipinski definition) is 2. The van der Waals surface area contributed by atoms with Crippen molar-refractivity contribution in [1.82, 2.24) is 4.57 Å². The van der Waals surface area contributed by atoms with Gasteiger partial charge in [0.15, 0.2) is 10.8 Å². The Morgan fingerprint density at radius 2 is 2.00 bits per heavy atom. The minimum Gasteiger partial charge on any atom is -0.494 e. The molecule has 0 amide bonds. The molecule has 1 aromatic heterocycles. The first kappa shape index (κ1) is 11.7. The maximum absolute atomic E-state index is 11.6. The minimum absolute atomic E-state index is 0.0182. The maximum Gasteiger partial charge on any atom is 0.300 e. The molecule has 1 heterocycles. The molecule has 0 saturated carbocycles. The Kier molecular flexibility index (Phi) is 2.87. The van der Waals surface area contributed by atoms with Gasteiger partial charge in [-0.2, -0.15) is 8.42 Å². The second-order valence-corrected chi connectivity index (χ2v) is 4.40. The zero-order valence-corrected chi connectivity index (χ0v) is 9.08. The molecule has 6 nitrogen and oxygen atoms in total. The zero-order valence-electron chi connectivity index (χ0n) is 8.26. The lowest BCUT2D eigenvalue weighted by atomic mass is 10.3. The lowest BCUT2D eigenvalue weighted by molar-refractivity contribution is 0.406. The molecule has 7 heteroatoms. The molecule has 0 bridgehead atoms. The van der Waals surface area contributed by atoms with E-state index in [1.165, 1.54) is 6.92 Å². The van der Waals surface area contributed by atoms with Crippen LogP contribution in [0.2, 0.25) is 0 Å². The lowest BCUT2D eigenvalue weighted by Gasteiger charge is -2.09. The number of rotatable bonds is 2. The van der Waals surface area contributed by atoms with Crippen molar-refractivity contribution < 1.29 is 18.1 Å². The van der Waals surface area contributed by atoms with E-state index in [4.69, 9.17) is 4.55 Å². The SMILES string of the molecule is CCn1c(O)cc(C)c(S(=O)(=O)O)c1=O. The van der Waals surface area contributed by atoms with E-state index in [0.717, 1.165) is 10.6 Å². The van der Waals surface area contributed by atoms with Crippen LogP contribution in [0, 0.1) is 6.92 Å². The van der Waals surface area contributed by atoms with Crippen LogP contribution in [0.3, 0.4) is 0 Å². The van der Waals surface area contributed by atoms with Crippen molar-refractivity contribution >= 4 is 10.1 Å². The summed E-state index contributed by atoms with van der Waals surface area (Å²) in [7, 11) is -4.56. The summed E-state index contributed by atoms with van der Waals surface area (Å²) in [5, 5.41) is 9.35. The van der Waals surface area contributed by atoms with Gasteiger partial charge in [0, 0.05) is 12.6 Å². The molecule has 1 aromatic rings. The van der Waals surface area contributed by atoms with E-state index in [1.54, 1.807) is 6.92 Å². The summed E-state index contributed by atoms with van der Waals surface area (Å²) in [6, 6.07) is 1.12. The minimum atomic E-state index is -4.56. The summed E-state index contributed by atoms with van der Waals surface area (Å²) in [4.78, 5) is 10.9. The molecule has 2 N–H and O–H groups in total. The van der Waals surface area contributed by atoms with Crippen LogP contribution < -0.4 is 5.56 Å². The highest BCUT2D eigenvalue weighted by Crippen LogP contribution is 2.15. The Morgan fingerprint density at radius 1 is 1.47 bits per heavy atom. The normalized spacial score (nSPS) is 11.7. The fourth-order valence-corrected chi connectivity index (χ4v) is 2.15. The molecule has 0 radical (unpaired) electrons. The van der Waals surface area contributed by atoms with Crippen molar-refractivity contribution in [1.29, 1.82) is 0 Å². The van der Waals surface area contributed by atoms with E-state index >= 15 is 0 Å². The summed E-state index contributed by atoms with van der Waals surface area (Å²) < 4.78 is 31.5. The van der Waals surface area contributed by atoms with Gasteiger partial charge >= 0.3 is 0 Å². The van der Waals surface area contributed by atoms with E-state index in [2.05, 4.69) is 0 Å². The topological polar surface area (TPSA) is 96.6 Å². The predicted octanol–water partition coefficient (Wildman–Crippen LogP) is 0.129. The molecule has 0 atom stereocenters. The summed E-state index contributed by atoms with van der Waals surface area (Å²) >= 11 is 0. The fraction of sp³-hybridized carbons (Fsp3) is 0.375. The van der Waals surface area contributed by atoms with Gasteiger partial charge in [-0.05, 0) is 19.4 Å². The first-order valence-corrected chi connectivity index (χ1v) is 5.64. The Labute approximate surface area is 86.5 Å². The molecule has 0 aliphatic rings. The van der Waals surface area contributed by atoms with Gasteiger partial charge in [0.1, 0.15) is 0 Å². The molecule has 84 valence electrons. The van der Waals surface area contributed by atoms with Gasteiger partial charge in [-0.15, -0.1) is 0 Å². The molecular weight excluding hydrogens is 222 g/mol. The Balaban J connectivity index is 3.77. The number of aromatic hydroxyl groups is 1. The average molecular weight is 233 g/mol. The van der Waals surface area contributed by atoms with Crippen molar-refractivity contribution in [3.63, 3.8) is 0 Å². The molecule has 0 aliphatic carbocycles. The summed E-state index contributed by atoms with van der Waals surface area (Å²) in [6.07, 6.45) is 0. The van der Waals surface area contributed by atoms with Crippen LogP contribution in [0.1, 0.15) is 12.5 Å². The molecule has 1 rings (SSSR count). The van der Waals surface area contributed by atoms with Crippen LogP contribution in [0.5, 0.6) is 5.88 Å². The number of nitrogens with zero attached hydrogens (tertiary/aromatic N) is 1. The van der Waals surface area contributed by atoms with E-state index in [0.29, 0.717) is 0 Å². The number of aromatic nitrogens is 1. The van der Waals surface area contributed by atoms with E-state index in [-0.39, 0.29) is 18.0 Å². The number of hydrogen-bond acceptors (Lipinski definition) is 4. The smallest absolute Gasteiger partial charge is 0.300 e. The van der Waals surface area contributed by atoms with Crippen LogP contribution >= 0.6 is 0 Å². The quantitative estimate of drug-likeness (QED) is 0.708. The molecule has 0 saturated heterocycles. The molecule has 15 heavy (non-hydrogen) atoms. The highest BCUT2D eigenvalue weighted by Gasteiger charge is 2.21. The second-order valence-electron chi connectivity index (χ2n) is 3.04. The van der Waals surface area contributed by atoms with Crippen LogP contribution in [0.15, 0.2) is 15.8 Å². The van der Waals surface area contributed by atoms with Crippen LogP contribution in [-0.4, -0.2) is 22.6 Å². The van der Waals surface area contributed by atoms with Crippen LogP contribution in [0.4, 0.5) is 0 Å². The zero-order chi connectivity index (χ0) is 11.8. The van der Waals surface area contributed by atoms with Gasteiger partial charge < -0.3 is 5.11 Å². The summed E-state index contributed by atoms with van der Waals surface area (Å²) in [5.41, 5.74) is -0.901. The van der Waals surface area contributed by atoms with Crippen LogP contribution in [0.25, 0.3) is 0 Å². The standard InChI is InChI=1S/C8H11NO5S/c1-3-9-6(10)4-5(2)7(8(9)11)15(12,13)14/h4,10H,3H2,1-2H3,(H,12,13,14). The van der Waals surface area contributed by atoms with Gasteiger partial charge in [0.25, 0.3) is 15.7 Å². The van der Waals surface area contributed by atoms with Crippen molar-refractivity contribution in [2.45, 2.75) is 25.3 Å². The Bertz CT molecular complexity index is 543. The maximum atomic E-state index is 11.6. The van der Waals surface area contributed by atoms with Gasteiger partial charge in [-0.1, -0.05) is 0 Å². The van der Waals surface area contributed by atoms with Gasteiger partial charge in [0.05, 0.1) is 0 Å². The lowest BCUT2D eigenvalue weighted by Crippen LogP contribution is -2.26. The third kappa shape index (κ3) is 2.02. The molecular formula is C8H11NO5S. The number of aryl methyl sites for hydroxylation is 1. The number of pyridine rings is 1. The summed E-state index contributed by atoms with van der Waals surface area (Å²) in [6.45, 7) is 3.02. The Morgan fingerprint density at radius 3 is 2.40 bits per heavy atom. The molecule has 0 unspecified atom stereocenters. The third-order valence-electron chi connectivity index (χ3n) is 1.99. The highest BCUT2D eigenvalue weighted by molar-refractivity contribution is 7.85. The van der Waals surface area contributed by atoms with E-state index < -0.39 is 20.6 Å². The third-order valence-corrected chi connectivity index (χ3v) is 3.01. The van der Waals surface area contributed by atoms with Gasteiger partial charge in [-0.25, -0.2) is 0 Å². The van der Waals surface area contributed by atoms with Gasteiger partial charge in [-0.3, -0.25) is 13.9 Å². The van der Waals surface area contributed by atoms with Crippen LogP contribution in [-0.2, 0) is 16.7 Å². The van der Waals surface area contributed by atoms with Crippen molar-refractivity contribution in [3.05, 3.63) is 22.0 Å². The largest absolute Gasteiger partial charge is 0.494 e. The monoisotopic (exact) mass is 233 g/mol. The van der Waals surface area contributed by atoms with E-state index in [9.17, 15) is 18.3 Å². The molecule has 0 fully saturated rings. The first-order valence-electron chi connectivity index (χ1n) is 4.20. The molecule has 0 spiro atoms. The summed E-state index contributed by atoms with van der Waals surface area (Å²) in [5.74, 6) is -0.326. The fourth-order valence-electron chi connectivity index (χ4n) is 1.35. The first-order chi connectivity index (χ1) is 6.79. The Hall–Kier alpha value is -1.34. The predicted molar refractivity (Wildman–Crippen MR) is 52.6 cm³/mol. The van der Waals surface area contributed by atoms with Gasteiger partial charge in [0.2, 0.25) is 0 Å². The average Bonchev–Trinajstić information content (AvgIpc) is 2.00. The van der Waals surface area contributed by atoms with E-state index in [1.807, 2.05) is 0 Å². The molecule has 0 aliphatic heterocycles. The van der Waals surface area contributed by atoms with Crippen molar-refractivity contribution in [2.75, 3.05) is 0 Å². The van der Waals surface area contributed by atoms with Crippen molar-refractivity contribution in [2.24, 2.45) is 0 Å². The van der Waals surface area contributed by atoms with Crippen molar-refractivity contribution in [3.8, 4) is 5.88 Å². The molecule has 0 aromatic carbocycles. The highest BCUT2D eigenvalue weighted by atomic mass is 32.2.